The van der Waals surface area contributed by atoms with Gasteiger partial charge in [0.2, 0.25) is 0 Å². The molecule has 3 heteroatoms. The molecule has 104 valence electrons. The maximum Gasteiger partial charge on any atom is 0.131 e. The monoisotopic (exact) mass is 259 g/mol. The first kappa shape index (κ1) is 13.0. The molecule has 2 aliphatic carbocycles. The Kier molecular flexibility index (Phi) is 3.83. The predicted octanol–water partition coefficient (Wildman–Crippen LogP) is 3.30. The van der Waals surface area contributed by atoms with Crippen molar-refractivity contribution >= 4 is 0 Å². The van der Waals surface area contributed by atoms with Gasteiger partial charge in [0.05, 0.1) is 0 Å². The Morgan fingerprint density at radius 3 is 2.32 bits per heavy atom. The molecule has 0 radical (unpaired) electrons. The molecule has 1 aromatic heterocycles. The lowest BCUT2D eigenvalue weighted by Crippen LogP contribution is -2.30. The summed E-state index contributed by atoms with van der Waals surface area (Å²) in [7, 11) is 2.07. The van der Waals surface area contributed by atoms with Crippen molar-refractivity contribution in [3.8, 4) is 0 Å². The average Bonchev–Trinajstić information content (AvgIpc) is 2.36. The van der Waals surface area contributed by atoms with Gasteiger partial charge < -0.3 is 5.32 Å². The van der Waals surface area contributed by atoms with Gasteiger partial charge in [0.1, 0.15) is 5.82 Å². The Morgan fingerprint density at radius 1 is 1.00 bits per heavy atom. The van der Waals surface area contributed by atoms with Gasteiger partial charge >= 0.3 is 0 Å². The summed E-state index contributed by atoms with van der Waals surface area (Å²) < 4.78 is 0. The van der Waals surface area contributed by atoms with Crippen LogP contribution in [0.25, 0.3) is 0 Å². The molecule has 0 atom stereocenters. The lowest BCUT2D eigenvalue weighted by atomic mass is 9.82. The fourth-order valence-electron chi connectivity index (χ4n) is 3.35. The van der Waals surface area contributed by atoms with Crippen LogP contribution in [0.2, 0.25) is 0 Å². The van der Waals surface area contributed by atoms with E-state index < -0.39 is 0 Å². The zero-order valence-electron chi connectivity index (χ0n) is 12.2. The summed E-state index contributed by atoms with van der Waals surface area (Å²) in [5, 5.41) is 3.39. The van der Waals surface area contributed by atoms with Crippen molar-refractivity contribution in [3.05, 3.63) is 23.3 Å². The molecule has 0 amide bonds. The van der Waals surface area contributed by atoms with Crippen molar-refractivity contribution in [2.75, 3.05) is 7.05 Å². The van der Waals surface area contributed by atoms with Crippen LogP contribution in [0.3, 0.4) is 0 Å². The molecule has 0 saturated heterocycles. The van der Waals surface area contributed by atoms with Gasteiger partial charge in [0.25, 0.3) is 0 Å². The highest BCUT2D eigenvalue weighted by Crippen LogP contribution is 2.37. The summed E-state index contributed by atoms with van der Waals surface area (Å²) in [5.74, 6) is 2.42. The smallest absolute Gasteiger partial charge is 0.131 e. The molecule has 0 bridgehead atoms. The van der Waals surface area contributed by atoms with Crippen molar-refractivity contribution < 1.29 is 0 Å². The van der Waals surface area contributed by atoms with Crippen molar-refractivity contribution in [2.45, 2.75) is 69.7 Å². The molecule has 2 saturated carbocycles. The van der Waals surface area contributed by atoms with E-state index in [1.807, 2.05) is 0 Å². The lowest BCUT2D eigenvalue weighted by Gasteiger charge is -2.29. The quantitative estimate of drug-likeness (QED) is 0.905. The van der Waals surface area contributed by atoms with Crippen LogP contribution in [0, 0.1) is 6.92 Å². The molecule has 2 aliphatic rings. The van der Waals surface area contributed by atoms with E-state index in [-0.39, 0.29) is 0 Å². The number of hydrogen-bond acceptors (Lipinski definition) is 3. The highest BCUT2D eigenvalue weighted by molar-refractivity contribution is 5.18. The highest BCUT2D eigenvalue weighted by atomic mass is 14.9. The Labute approximate surface area is 116 Å². The fourth-order valence-corrected chi connectivity index (χ4v) is 3.35. The second kappa shape index (κ2) is 5.58. The molecule has 1 heterocycles. The zero-order chi connectivity index (χ0) is 13.2. The van der Waals surface area contributed by atoms with E-state index in [1.165, 1.54) is 50.6 Å². The molecule has 3 rings (SSSR count). The lowest BCUT2D eigenvalue weighted by molar-refractivity contribution is 0.347. The van der Waals surface area contributed by atoms with Crippen LogP contribution < -0.4 is 5.32 Å². The first-order chi connectivity index (χ1) is 9.26. The van der Waals surface area contributed by atoms with Crippen molar-refractivity contribution in [2.24, 2.45) is 0 Å². The van der Waals surface area contributed by atoms with Crippen molar-refractivity contribution in [3.63, 3.8) is 0 Å². The third-order valence-electron chi connectivity index (χ3n) is 4.92. The first-order valence-corrected chi connectivity index (χ1v) is 7.79. The normalized spacial score (nSPS) is 28.1. The van der Waals surface area contributed by atoms with Crippen LogP contribution >= 0.6 is 0 Å². The van der Waals surface area contributed by atoms with Gasteiger partial charge in [-0.3, -0.25) is 0 Å². The van der Waals surface area contributed by atoms with E-state index in [2.05, 4.69) is 25.4 Å². The Balaban J connectivity index is 1.75. The molecule has 0 spiro atoms. The van der Waals surface area contributed by atoms with Crippen LogP contribution in [0.5, 0.6) is 0 Å². The Hall–Kier alpha value is -0.960. The SMILES string of the molecule is CNC1CCC(c2nc(C)cc(C3CCC3)n2)CC1. The van der Waals surface area contributed by atoms with E-state index >= 15 is 0 Å². The molecule has 1 aromatic rings. The molecule has 0 unspecified atom stereocenters. The third-order valence-corrected chi connectivity index (χ3v) is 4.92. The van der Waals surface area contributed by atoms with E-state index in [0.29, 0.717) is 17.9 Å². The second-order valence-electron chi connectivity index (χ2n) is 6.26. The van der Waals surface area contributed by atoms with Gasteiger partial charge in [-0.25, -0.2) is 9.97 Å². The molecule has 19 heavy (non-hydrogen) atoms. The molecule has 0 aromatic carbocycles. The van der Waals surface area contributed by atoms with Gasteiger partial charge in [-0.1, -0.05) is 6.42 Å². The predicted molar refractivity (Wildman–Crippen MR) is 77.4 cm³/mol. The minimum atomic E-state index is 0.586. The van der Waals surface area contributed by atoms with Crippen LogP contribution in [-0.4, -0.2) is 23.1 Å². The van der Waals surface area contributed by atoms with Crippen LogP contribution in [0.1, 0.15) is 74.0 Å². The Bertz CT molecular complexity index is 432. The number of rotatable bonds is 3. The topological polar surface area (TPSA) is 37.8 Å². The highest BCUT2D eigenvalue weighted by Gasteiger charge is 2.26. The number of nitrogens with zero attached hydrogens (tertiary/aromatic N) is 2. The molecular weight excluding hydrogens is 234 g/mol. The maximum absolute atomic E-state index is 4.90. The van der Waals surface area contributed by atoms with E-state index in [9.17, 15) is 0 Å². The number of hydrogen-bond donors (Lipinski definition) is 1. The number of aromatic nitrogens is 2. The number of aryl methyl sites for hydroxylation is 1. The van der Waals surface area contributed by atoms with Gasteiger partial charge in [-0.05, 0) is 58.6 Å². The molecule has 0 aliphatic heterocycles. The van der Waals surface area contributed by atoms with E-state index in [4.69, 9.17) is 9.97 Å². The van der Waals surface area contributed by atoms with Crippen molar-refractivity contribution in [1.29, 1.82) is 0 Å². The summed E-state index contributed by atoms with van der Waals surface area (Å²) in [5.41, 5.74) is 2.46. The van der Waals surface area contributed by atoms with Gasteiger partial charge in [-0.2, -0.15) is 0 Å². The van der Waals surface area contributed by atoms with E-state index in [0.717, 1.165) is 11.5 Å². The summed E-state index contributed by atoms with van der Waals surface area (Å²) in [6.07, 6.45) is 9.01. The largest absolute Gasteiger partial charge is 0.317 e. The van der Waals surface area contributed by atoms with Crippen LogP contribution in [0.4, 0.5) is 0 Å². The van der Waals surface area contributed by atoms with Crippen molar-refractivity contribution in [1.82, 2.24) is 15.3 Å². The minimum Gasteiger partial charge on any atom is -0.317 e. The molecule has 3 nitrogen and oxygen atoms in total. The average molecular weight is 259 g/mol. The Morgan fingerprint density at radius 2 is 1.74 bits per heavy atom. The fraction of sp³-hybridized carbons (Fsp3) is 0.750. The number of nitrogens with one attached hydrogen (secondary N) is 1. The first-order valence-electron chi connectivity index (χ1n) is 7.79. The molecule has 2 fully saturated rings. The second-order valence-corrected chi connectivity index (χ2v) is 6.26. The zero-order valence-corrected chi connectivity index (χ0v) is 12.2. The standard InChI is InChI=1S/C16H25N3/c1-11-10-15(12-4-3-5-12)19-16(18-11)13-6-8-14(17-2)9-7-13/h10,12-14,17H,3-9H2,1-2H3. The van der Waals surface area contributed by atoms with Crippen LogP contribution in [0.15, 0.2) is 6.07 Å². The van der Waals surface area contributed by atoms with Gasteiger partial charge in [-0.15, -0.1) is 0 Å². The molecular formula is C16H25N3. The summed E-state index contributed by atoms with van der Waals surface area (Å²) >= 11 is 0. The summed E-state index contributed by atoms with van der Waals surface area (Å²) in [4.78, 5) is 9.62. The van der Waals surface area contributed by atoms with Gasteiger partial charge in [0, 0.05) is 29.3 Å². The minimum absolute atomic E-state index is 0.586. The summed E-state index contributed by atoms with van der Waals surface area (Å²) in [6.45, 7) is 2.12. The summed E-state index contributed by atoms with van der Waals surface area (Å²) in [6, 6.07) is 2.90. The van der Waals surface area contributed by atoms with E-state index in [1.54, 1.807) is 0 Å². The van der Waals surface area contributed by atoms with Gasteiger partial charge in [0.15, 0.2) is 0 Å². The third kappa shape index (κ3) is 2.81. The van der Waals surface area contributed by atoms with Crippen LogP contribution in [-0.2, 0) is 0 Å². The maximum atomic E-state index is 4.90. The molecule has 1 N–H and O–H groups in total.